The van der Waals surface area contributed by atoms with Crippen molar-refractivity contribution in [2.45, 2.75) is 23.0 Å². The fraction of sp³-hybridized carbons (Fsp3) is 0.357. The normalized spacial score (nSPS) is 16.9. The van der Waals surface area contributed by atoms with Gasteiger partial charge in [-0.25, -0.2) is 18.5 Å². The third kappa shape index (κ3) is 3.43. The lowest BCUT2D eigenvalue weighted by atomic mass is 9.90. The second kappa shape index (κ2) is 6.16. The first kappa shape index (κ1) is 15.7. The summed E-state index contributed by atoms with van der Waals surface area (Å²) < 4.78 is 22.7. The number of nitrogens with two attached hydrogens (primary N) is 1. The molecule has 0 amide bonds. The highest BCUT2D eigenvalue weighted by atomic mass is 35.5. The maximum Gasteiger partial charge on any atom is 0.249 e. The Morgan fingerprint density at radius 3 is 2.41 bits per heavy atom. The lowest BCUT2D eigenvalue weighted by Gasteiger charge is -2.32. The fourth-order valence-electron chi connectivity index (χ4n) is 2.67. The van der Waals surface area contributed by atoms with Gasteiger partial charge in [0.05, 0.1) is 6.20 Å². The van der Waals surface area contributed by atoms with Crippen LogP contribution in [0.3, 0.4) is 0 Å². The van der Waals surface area contributed by atoms with Gasteiger partial charge in [-0.05, 0) is 36.5 Å². The van der Waals surface area contributed by atoms with Crippen LogP contribution in [0.4, 0.5) is 5.13 Å². The molecule has 2 heterocycles. The molecule has 1 aromatic carbocycles. The number of primary sulfonamides is 1. The van der Waals surface area contributed by atoms with E-state index in [9.17, 15) is 8.42 Å². The number of anilines is 1. The molecule has 5 nitrogen and oxygen atoms in total. The highest BCUT2D eigenvalue weighted by Crippen LogP contribution is 2.33. The summed E-state index contributed by atoms with van der Waals surface area (Å²) in [6.07, 6.45) is 3.35. The Morgan fingerprint density at radius 2 is 1.86 bits per heavy atom. The van der Waals surface area contributed by atoms with Gasteiger partial charge in [-0.3, -0.25) is 0 Å². The summed E-state index contributed by atoms with van der Waals surface area (Å²) in [5, 5.41) is 6.59. The average molecular weight is 358 g/mol. The number of nitrogens with zero attached hydrogens (tertiary/aromatic N) is 2. The van der Waals surface area contributed by atoms with Crippen LogP contribution in [0.15, 0.2) is 34.7 Å². The maximum absolute atomic E-state index is 11.3. The molecule has 1 fully saturated rings. The third-order valence-electron chi connectivity index (χ3n) is 3.86. The summed E-state index contributed by atoms with van der Waals surface area (Å²) in [4.78, 5) is 6.30. The van der Waals surface area contributed by atoms with Gasteiger partial charge in [0, 0.05) is 18.1 Å². The molecule has 118 valence electrons. The van der Waals surface area contributed by atoms with E-state index >= 15 is 0 Å². The number of benzene rings is 1. The molecule has 1 saturated heterocycles. The van der Waals surface area contributed by atoms with Crippen molar-refractivity contribution in [3.05, 3.63) is 41.0 Å². The summed E-state index contributed by atoms with van der Waals surface area (Å²) >= 11 is 7.05. The predicted molar refractivity (Wildman–Crippen MR) is 89.1 cm³/mol. The van der Waals surface area contributed by atoms with Gasteiger partial charge < -0.3 is 4.90 Å². The van der Waals surface area contributed by atoms with Crippen LogP contribution in [0.2, 0.25) is 5.02 Å². The standard InChI is InChI=1S/C14H16ClN3O2S2/c15-12-3-1-10(2-4-12)11-5-7-18(8-6-11)14-17-9-13(21-14)22(16,19)20/h1-4,9,11H,5-8H2,(H2,16,19,20). The van der Waals surface area contributed by atoms with Gasteiger partial charge in [0.1, 0.15) is 0 Å². The van der Waals surface area contributed by atoms with E-state index in [1.807, 2.05) is 12.1 Å². The molecule has 1 aromatic heterocycles. The molecule has 3 rings (SSSR count). The highest BCUT2D eigenvalue weighted by molar-refractivity contribution is 7.91. The molecule has 2 aromatic rings. The molecule has 0 saturated carbocycles. The molecule has 22 heavy (non-hydrogen) atoms. The minimum absolute atomic E-state index is 0.113. The zero-order valence-electron chi connectivity index (χ0n) is 11.8. The van der Waals surface area contributed by atoms with Crippen molar-refractivity contribution >= 4 is 38.1 Å². The van der Waals surface area contributed by atoms with Crippen molar-refractivity contribution in [3.63, 3.8) is 0 Å². The van der Waals surface area contributed by atoms with E-state index in [2.05, 4.69) is 22.0 Å². The van der Waals surface area contributed by atoms with Gasteiger partial charge in [-0.2, -0.15) is 0 Å². The van der Waals surface area contributed by atoms with E-state index < -0.39 is 10.0 Å². The first-order valence-corrected chi connectivity index (χ1v) is 9.66. The van der Waals surface area contributed by atoms with Crippen molar-refractivity contribution < 1.29 is 8.42 Å². The first-order chi connectivity index (χ1) is 10.4. The van der Waals surface area contributed by atoms with E-state index in [-0.39, 0.29) is 4.21 Å². The molecule has 2 N–H and O–H groups in total. The minimum atomic E-state index is -3.66. The number of hydrogen-bond donors (Lipinski definition) is 1. The van der Waals surface area contributed by atoms with Crippen LogP contribution < -0.4 is 10.0 Å². The second-order valence-corrected chi connectivity index (χ2v) is 8.55. The van der Waals surface area contributed by atoms with Gasteiger partial charge in [-0.1, -0.05) is 35.1 Å². The van der Waals surface area contributed by atoms with Crippen molar-refractivity contribution in [1.82, 2.24) is 4.98 Å². The molecule has 8 heteroatoms. The van der Waals surface area contributed by atoms with Crippen molar-refractivity contribution in [3.8, 4) is 0 Å². The Morgan fingerprint density at radius 1 is 1.23 bits per heavy atom. The van der Waals surface area contributed by atoms with Crippen LogP contribution in [-0.4, -0.2) is 26.5 Å². The van der Waals surface area contributed by atoms with Gasteiger partial charge >= 0.3 is 0 Å². The van der Waals surface area contributed by atoms with Crippen LogP contribution in [0.1, 0.15) is 24.3 Å². The predicted octanol–water partition coefficient (Wildman–Crippen LogP) is 2.83. The van der Waals surface area contributed by atoms with Gasteiger partial charge in [0.15, 0.2) is 9.34 Å². The van der Waals surface area contributed by atoms with Crippen molar-refractivity contribution in [1.29, 1.82) is 0 Å². The van der Waals surface area contributed by atoms with E-state index in [1.165, 1.54) is 11.8 Å². The lowest BCUT2D eigenvalue weighted by Crippen LogP contribution is -2.32. The number of hydrogen-bond acceptors (Lipinski definition) is 5. The summed E-state index contributed by atoms with van der Waals surface area (Å²) in [6.45, 7) is 1.70. The Balaban J connectivity index is 1.66. The number of halogens is 1. The van der Waals surface area contributed by atoms with Gasteiger partial charge in [0.2, 0.25) is 10.0 Å². The molecule has 0 spiro atoms. The molecule has 1 aliphatic rings. The molecular weight excluding hydrogens is 342 g/mol. The summed E-state index contributed by atoms with van der Waals surface area (Å²) in [5.74, 6) is 0.506. The molecule has 0 bridgehead atoms. The zero-order valence-corrected chi connectivity index (χ0v) is 14.2. The van der Waals surface area contributed by atoms with Crippen LogP contribution in [0.25, 0.3) is 0 Å². The number of sulfonamides is 1. The second-order valence-electron chi connectivity index (χ2n) is 5.32. The Hall–Kier alpha value is -1.15. The highest BCUT2D eigenvalue weighted by Gasteiger charge is 2.23. The van der Waals surface area contributed by atoms with E-state index in [0.717, 1.165) is 47.4 Å². The molecule has 0 atom stereocenters. The Bertz CT molecular complexity index is 751. The summed E-state index contributed by atoms with van der Waals surface area (Å²) in [5.41, 5.74) is 1.30. The average Bonchev–Trinajstić information content (AvgIpc) is 2.98. The van der Waals surface area contributed by atoms with Crippen molar-refractivity contribution in [2.75, 3.05) is 18.0 Å². The van der Waals surface area contributed by atoms with E-state index in [4.69, 9.17) is 16.7 Å². The number of piperidine rings is 1. The molecule has 0 unspecified atom stereocenters. The Labute approximate surface area is 138 Å². The minimum Gasteiger partial charge on any atom is -0.348 e. The van der Waals surface area contributed by atoms with Crippen LogP contribution in [0, 0.1) is 0 Å². The maximum atomic E-state index is 11.3. The quantitative estimate of drug-likeness (QED) is 0.916. The van der Waals surface area contributed by atoms with E-state index in [1.54, 1.807) is 0 Å². The summed E-state index contributed by atoms with van der Waals surface area (Å²) in [7, 11) is -3.66. The van der Waals surface area contributed by atoms with Gasteiger partial charge in [-0.15, -0.1) is 0 Å². The smallest absolute Gasteiger partial charge is 0.249 e. The summed E-state index contributed by atoms with van der Waals surface area (Å²) in [6, 6.07) is 7.99. The molecule has 0 aliphatic carbocycles. The number of rotatable bonds is 3. The largest absolute Gasteiger partial charge is 0.348 e. The Kier molecular flexibility index (Phi) is 4.40. The molecule has 1 aliphatic heterocycles. The van der Waals surface area contributed by atoms with Crippen LogP contribution >= 0.6 is 22.9 Å². The molecule has 0 radical (unpaired) electrons. The first-order valence-electron chi connectivity index (χ1n) is 6.92. The zero-order chi connectivity index (χ0) is 15.7. The lowest BCUT2D eigenvalue weighted by molar-refractivity contribution is 0.505. The monoisotopic (exact) mass is 357 g/mol. The van der Waals surface area contributed by atoms with Crippen LogP contribution in [0.5, 0.6) is 0 Å². The van der Waals surface area contributed by atoms with Crippen LogP contribution in [-0.2, 0) is 10.0 Å². The van der Waals surface area contributed by atoms with Gasteiger partial charge in [0.25, 0.3) is 0 Å². The third-order valence-corrected chi connectivity index (χ3v) is 6.58. The number of aromatic nitrogens is 1. The topological polar surface area (TPSA) is 76.3 Å². The number of thiazole rings is 1. The fourth-order valence-corrected chi connectivity index (χ4v) is 4.38. The SMILES string of the molecule is NS(=O)(=O)c1cnc(N2CCC(c3ccc(Cl)cc3)CC2)s1. The molecular formula is C14H16ClN3O2S2. The van der Waals surface area contributed by atoms with E-state index in [0.29, 0.717) is 5.92 Å². The van der Waals surface area contributed by atoms with Crippen molar-refractivity contribution in [2.24, 2.45) is 5.14 Å².